The molecule has 126 valence electrons. The molecule has 0 saturated heterocycles. The van der Waals surface area contributed by atoms with Crippen LogP contribution in [0.3, 0.4) is 0 Å². The Morgan fingerprint density at radius 2 is 2.08 bits per heavy atom. The maximum Gasteiger partial charge on any atom is 0.297 e. The molecule has 0 saturated carbocycles. The zero-order valence-corrected chi connectivity index (χ0v) is 13.5. The normalized spacial score (nSPS) is 10.7. The molecule has 4 aromatic rings. The summed E-state index contributed by atoms with van der Waals surface area (Å²) in [6.45, 7) is -0.213. The lowest BCUT2D eigenvalue weighted by Crippen LogP contribution is -2.27. The molecule has 2 aromatic carbocycles. The van der Waals surface area contributed by atoms with E-state index in [-0.39, 0.29) is 12.1 Å². The Labute approximate surface area is 147 Å². The second kappa shape index (κ2) is 6.18. The highest BCUT2D eigenvalue weighted by Gasteiger charge is 2.14. The van der Waals surface area contributed by atoms with Gasteiger partial charge in [0.25, 0.3) is 5.56 Å². The maximum absolute atomic E-state index is 12.6. The highest BCUT2D eigenvalue weighted by atomic mass is 16.3. The van der Waals surface area contributed by atoms with Crippen molar-refractivity contribution in [2.75, 3.05) is 5.32 Å². The summed E-state index contributed by atoms with van der Waals surface area (Å²) in [7, 11) is 0. The predicted molar refractivity (Wildman–Crippen MR) is 95.6 cm³/mol. The van der Waals surface area contributed by atoms with Gasteiger partial charge in [-0.25, -0.2) is 4.98 Å². The molecule has 0 aliphatic rings. The summed E-state index contributed by atoms with van der Waals surface area (Å²) in [5, 5.41) is 12.3. The van der Waals surface area contributed by atoms with Crippen LogP contribution >= 0.6 is 0 Å². The van der Waals surface area contributed by atoms with Gasteiger partial charge in [0.2, 0.25) is 11.5 Å². The van der Waals surface area contributed by atoms with Crippen molar-refractivity contribution in [1.82, 2.24) is 9.55 Å². The monoisotopic (exact) mass is 344 g/mol. The number of fused-ring (bicyclic) bond motifs is 3. The van der Waals surface area contributed by atoms with Crippen LogP contribution in [0.4, 0.5) is 5.69 Å². The summed E-state index contributed by atoms with van der Waals surface area (Å²) < 4.78 is 6.78. The Morgan fingerprint density at radius 3 is 2.92 bits per heavy atom. The molecular formula is C19H12N4O3. The SMILES string of the molecule is N#Cc1cccc(NC(=O)Cn2cnc3c(oc4ccccc43)c2=O)c1. The zero-order chi connectivity index (χ0) is 18.1. The van der Waals surface area contributed by atoms with Crippen molar-refractivity contribution >= 4 is 33.7 Å². The van der Waals surface area contributed by atoms with Crippen molar-refractivity contribution in [3.63, 3.8) is 0 Å². The molecule has 4 rings (SSSR count). The molecule has 1 N–H and O–H groups in total. The molecular weight excluding hydrogens is 332 g/mol. The summed E-state index contributed by atoms with van der Waals surface area (Å²) in [5.41, 5.74) is 1.66. The Kier molecular flexibility index (Phi) is 3.71. The lowest BCUT2D eigenvalue weighted by atomic mass is 10.2. The van der Waals surface area contributed by atoms with Crippen LogP contribution < -0.4 is 10.9 Å². The van der Waals surface area contributed by atoms with Gasteiger partial charge in [-0.2, -0.15) is 5.26 Å². The van der Waals surface area contributed by atoms with Crippen LogP contribution in [0, 0.1) is 11.3 Å². The van der Waals surface area contributed by atoms with Gasteiger partial charge in [-0.15, -0.1) is 0 Å². The molecule has 2 heterocycles. The smallest absolute Gasteiger partial charge is 0.297 e. The van der Waals surface area contributed by atoms with Crippen molar-refractivity contribution in [2.45, 2.75) is 6.54 Å². The van der Waals surface area contributed by atoms with Crippen molar-refractivity contribution in [2.24, 2.45) is 0 Å². The molecule has 0 aliphatic carbocycles. The fourth-order valence-corrected chi connectivity index (χ4v) is 2.75. The first-order valence-electron chi connectivity index (χ1n) is 7.82. The Hall–Kier alpha value is -3.92. The molecule has 0 aliphatic heterocycles. The first kappa shape index (κ1) is 15.6. The lowest BCUT2D eigenvalue weighted by Gasteiger charge is -2.07. The second-order valence-corrected chi connectivity index (χ2v) is 5.69. The predicted octanol–water partition coefficient (Wildman–Crippen LogP) is 2.65. The molecule has 0 radical (unpaired) electrons. The first-order valence-corrected chi connectivity index (χ1v) is 7.82. The molecule has 1 amide bonds. The number of aromatic nitrogens is 2. The standard InChI is InChI=1S/C19H12N4O3/c20-9-12-4-3-5-13(8-12)22-16(24)10-23-11-21-17-14-6-1-2-7-15(14)26-18(17)19(23)25/h1-8,11H,10H2,(H,22,24). The fraction of sp³-hybridized carbons (Fsp3) is 0.0526. The largest absolute Gasteiger partial charge is 0.448 e. The average Bonchev–Trinajstić information content (AvgIpc) is 3.04. The van der Waals surface area contributed by atoms with Gasteiger partial charge >= 0.3 is 0 Å². The van der Waals surface area contributed by atoms with Crippen molar-refractivity contribution in [3.05, 3.63) is 70.8 Å². The number of hydrogen-bond donors (Lipinski definition) is 1. The Morgan fingerprint density at radius 1 is 1.23 bits per heavy atom. The number of furan rings is 1. The number of para-hydroxylation sites is 1. The number of amides is 1. The van der Waals surface area contributed by atoms with E-state index >= 15 is 0 Å². The minimum atomic E-state index is -0.424. The summed E-state index contributed by atoms with van der Waals surface area (Å²) in [4.78, 5) is 29.1. The Balaban J connectivity index is 1.63. The molecule has 0 bridgehead atoms. The van der Waals surface area contributed by atoms with E-state index in [4.69, 9.17) is 9.68 Å². The van der Waals surface area contributed by atoms with E-state index in [2.05, 4.69) is 10.3 Å². The first-order chi connectivity index (χ1) is 12.7. The van der Waals surface area contributed by atoms with Crippen LogP contribution in [0.25, 0.3) is 22.1 Å². The third kappa shape index (κ3) is 2.70. The van der Waals surface area contributed by atoms with Crippen LogP contribution in [0.2, 0.25) is 0 Å². The summed E-state index contributed by atoms with van der Waals surface area (Å²) in [5.74, 6) is -0.403. The molecule has 26 heavy (non-hydrogen) atoms. The van der Waals surface area contributed by atoms with Gasteiger partial charge in [-0.3, -0.25) is 14.2 Å². The summed E-state index contributed by atoms with van der Waals surface area (Å²) in [6.07, 6.45) is 1.33. The van der Waals surface area contributed by atoms with Crippen LogP contribution in [0.1, 0.15) is 5.56 Å². The number of anilines is 1. The van der Waals surface area contributed by atoms with Crippen LogP contribution in [0.5, 0.6) is 0 Å². The molecule has 0 fully saturated rings. The molecule has 7 nitrogen and oxygen atoms in total. The average molecular weight is 344 g/mol. The lowest BCUT2D eigenvalue weighted by molar-refractivity contribution is -0.116. The summed E-state index contributed by atoms with van der Waals surface area (Å²) >= 11 is 0. The van der Waals surface area contributed by atoms with E-state index in [1.807, 2.05) is 24.3 Å². The van der Waals surface area contributed by atoms with Crippen LogP contribution in [-0.2, 0) is 11.3 Å². The number of nitrogens with one attached hydrogen (secondary N) is 1. The number of carbonyl (C=O) groups excluding carboxylic acids is 1. The van der Waals surface area contributed by atoms with E-state index < -0.39 is 11.5 Å². The zero-order valence-electron chi connectivity index (χ0n) is 13.5. The summed E-state index contributed by atoms with van der Waals surface area (Å²) in [6, 6.07) is 15.8. The number of rotatable bonds is 3. The van der Waals surface area contributed by atoms with Gasteiger partial charge in [0.1, 0.15) is 17.6 Å². The van der Waals surface area contributed by atoms with Gasteiger partial charge in [0.15, 0.2) is 0 Å². The van der Waals surface area contributed by atoms with Crippen molar-refractivity contribution in [1.29, 1.82) is 5.26 Å². The fourth-order valence-electron chi connectivity index (χ4n) is 2.75. The van der Waals surface area contributed by atoms with Gasteiger partial charge in [-0.05, 0) is 30.3 Å². The van der Waals surface area contributed by atoms with Crippen molar-refractivity contribution < 1.29 is 9.21 Å². The van der Waals surface area contributed by atoms with E-state index in [0.717, 1.165) is 5.39 Å². The van der Waals surface area contributed by atoms with E-state index in [0.29, 0.717) is 22.4 Å². The van der Waals surface area contributed by atoms with E-state index in [9.17, 15) is 9.59 Å². The van der Waals surface area contributed by atoms with Crippen LogP contribution in [-0.4, -0.2) is 15.5 Å². The Bertz CT molecular complexity index is 1250. The topological polar surface area (TPSA) is 101 Å². The third-order valence-corrected chi connectivity index (χ3v) is 3.94. The number of benzene rings is 2. The number of nitrogens with zero attached hydrogens (tertiary/aromatic N) is 3. The third-order valence-electron chi connectivity index (χ3n) is 3.94. The molecule has 2 aromatic heterocycles. The molecule has 0 atom stereocenters. The number of carbonyl (C=O) groups is 1. The van der Waals surface area contributed by atoms with Gasteiger partial charge in [0, 0.05) is 11.1 Å². The minimum Gasteiger partial charge on any atom is -0.448 e. The highest BCUT2D eigenvalue weighted by Crippen LogP contribution is 2.24. The maximum atomic E-state index is 12.6. The van der Waals surface area contributed by atoms with E-state index in [1.54, 1.807) is 30.3 Å². The quantitative estimate of drug-likeness (QED) is 0.616. The second-order valence-electron chi connectivity index (χ2n) is 5.69. The number of nitriles is 1. The highest BCUT2D eigenvalue weighted by molar-refractivity contribution is 6.01. The molecule has 0 spiro atoms. The number of hydrogen-bond acceptors (Lipinski definition) is 5. The van der Waals surface area contributed by atoms with Crippen LogP contribution in [0.15, 0.2) is 64.1 Å². The van der Waals surface area contributed by atoms with Gasteiger partial charge < -0.3 is 9.73 Å². The van der Waals surface area contributed by atoms with E-state index in [1.165, 1.54) is 10.9 Å². The minimum absolute atomic E-state index is 0.118. The molecule has 7 heteroatoms. The van der Waals surface area contributed by atoms with Gasteiger partial charge in [-0.1, -0.05) is 18.2 Å². The van der Waals surface area contributed by atoms with Gasteiger partial charge in [0.05, 0.1) is 18.0 Å². The van der Waals surface area contributed by atoms with Crippen molar-refractivity contribution in [3.8, 4) is 6.07 Å². The molecule has 0 unspecified atom stereocenters.